The highest BCUT2D eigenvalue weighted by molar-refractivity contribution is 6.13. The van der Waals surface area contributed by atoms with E-state index >= 15 is 0 Å². The van der Waals surface area contributed by atoms with Gasteiger partial charge in [-0.2, -0.15) is 0 Å². The van der Waals surface area contributed by atoms with Gasteiger partial charge >= 0.3 is 5.97 Å². The van der Waals surface area contributed by atoms with Gasteiger partial charge in [-0.15, -0.1) is 0 Å². The maximum atomic E-state index is 12.1. The van der Waals surface area contributed by atoms with Gasteiger partial charge in [0.25, 0.3) is 0 Å². The van der Waals surface area contributed by atoms with E-state index in [4.69, 9.17) is 14.2 Å². The highest BCUT2D eigenvalue weighted by Gasteiger charge is 2.25. The van der Waals surface area contributed by atoms with Crippen molar-refractivity contribution in [3.05, 3.63) is 59.3 Å². The number of esters is 1. The van der Waals surface area contributed by atoms with Crippen molar-refractivity contribution in [1.82, 2.24) is 0 Å². The Bertz CT molecular complexity index is 945. The predicted molar refractivity (Wildman–Crippen MR) is 101 cm³/mol. The van der Waals surface area contributed by atoms with E-state index in [0.29, 0.717) is 22.7 Å². The number of anilines is 1. The highest BCUT2D eigenvalue weighted by Crippen LogP contribution is 2.29. The Hall–Kier alpha value is -3.61. The zero-order chi connectivity index (χ0) is 19.4. The van der Waals surface area contributed by atoms with E-state index in [1.54, 1.807) is 55.7 Å². The number of hydrogen-bond donors (Lipinski definition) is 1. The lowest BCUT2D eigenvalue weighted by atomic mass is 10.1. The van der Waals surface area contributed by atoms with Crippen LogP contribution in [0, 0.1) is 0 Å². The van der Waals surface area contributed by atoms with Crippen molar-refractivity contribution in [2.75, 3.05) is 19.5 Å². The number of cyclic esters (lactones) is 1. The van der Waals surface area contributed by atoms with Crippen LogP contribution < -0.4 is 14.8 Å². The van der Waals surface area contributed by atoms with Gasteiger partial charge in [-0.25, -0.2) is 9.79 Å². The Morgan fingerprint density at radius 2 is 1.78 bits per heavy atom. The molecular weight excluding hydrogens is 348 g/mol. The first-order chi connectivity index (χ1) is 13.0. The molecule has 0 unspecified atom stereocenters. The molecule has 7 nitrogen and oxygen atoms in total. The van der Waals surface area contributed by atoms with E-state index in [-0.39, 0.29) is 17.5 Å². The molecule has 0 bridgehead atoms. The third-order valence-corrected chi connectivity index (χ3v) is 3.79. The Morgan fingerprint density at radius 3 is 2.41 bits per heavy atom. The standard InChI is InChI=1S/C20H18N2O5/c1-12(23)21-15-7-4-13(5-8-15)10-16-20(24)27-19(22-16)14-6-9-17(25-2)18(11-14)26-3/h4-11H,1-3H3,(H,21,23)/b16-10+. The summed E-state index contributed by atoms with van der Waals surface area (Å²) >= 11 is 0. The number of nitrogens with zero attached hydrogens (tertiary/aromatic N) is 1. The lowest BCUT2D eigenvalue weighted by Gasteiger charge is -2.08. The number of carbonyl (C=O) groups excluding carboxylic acids is 2. The Labute approximate surface area is 156 Å². The second-order valence-corrected chi connectivity index (χ2v) is 5.71. The van der Waals surface area contributed by atoms with Crippen molar-refractivity contribution in [2.45, 2.75) is 6.92 Å². The fourth-order valence-electron chi connectivity index (χ4n) is 2.53. The molecule has 1 amide bonds. The number of methoxy groups -OCH3 is 2. The minimum Gasteiger partial charge on any atom is -0.493 e. The molecule has 27 heavy (non-hydrogen) atoms. The molecule has 0 atom stereocenters. The molecule has 0 aliphatic carbocycles. The number of carbonyl (C=O) groups is 2. The zero-order valence-corrected chi connectivity index (χ0v) is 15.1. The van der Waals surface area contributed by atoms with E-state index in [0.717, 1.165) is 5.56 Å². The van der Waals surface area contributed by atoms with E-state index in [2.05, 4.69) is 10.3 Å². The third kappa shape index (κ3) is 4.14. The molecule has 1 heterocycles. The number of aliphatic imine (C=N–C) groups is 1. The lowest BCUT2D eigenvalue weighted by molar-refractivity contribution is -0.129. The van der Waals surface area contributed by atoms with Gasteiger partial charge in [0.05, 0.1) is 14.2 Å². The molecule has 2 aromatic carbocycles. The lowest BCUT2D eigenvalue weighted by Crippen LogP contribution is -2.06. The number of benzene rings is 2. The molecule has 0 spiro atoms. The van der Waals surface area contributed by atoms with Crippen molar-refractivity contribution < 1.29 is 23.8 Å². The zero-order valence-electron chi connectivity index (χ0n) is 15.1. The molecule has 7 heteroatoms. The summed E-state index contributed by atoms with van der Waals surface area (Å²) in [5.41, 5.74) is 2.22. The van der Waals surface area contributed by atoms with E-state index < -0.39 is 5.97 Å². The van der Waals surface area contributed by atoms with Crippen LogP contribution >= 0.6 is 0 Å². The number of rotatable bonds is 5. The van der Waals surface area contributed by atoms with Crippen LogP contribution in [0.4, 0.5) is 5.69 Å². The number of ether oxygens (including phenoxy) is 3. The third-order valence-electron chi connectivity index (χ3n) is 3.79. The van der Waals surface area contributed by atoms with Crippen LogP contribution in [0.3, 0.4) is 0 Å². The van der Waals surface area contributed by atoms with Crippen molar-refractivity contribution in [3.8, 4) is 11.5 Å². The Kier molecular flexibility index (Phi) is 5.21. The molecule has 0 radical (unpaired) electrons. The summed E-state index contributed by atoms with van der Waals surface area (Å²) in [6.45, 7) is 1.44. The first-order valence-corrected chi connectivity index (χ1v) is 8.13. The summed E-state index contributed by atoms with van der Waals surface area (Å²) in [7, 11) is 3.07. The summed E-state index contributed by atoms with van der Waals surface area (Å²) < 4.78 is 15.7. The van der Waals surface area contributed by atoms with Crippen LogP contribution in [-0.2, 0) is 14.3 Å². The van der Waals surface area contributed by atoms with E-state index in [1.165, 1.54) is 14.0 Å². The van der Waals surface area contributed by atoms with Crippen molar-refractivity contribution >= 4 is 29.5 Å². The van der Waals surface area contributed by atoms with E-state index in [9.17, 15) is 9.59 Å². The summed E-state index contributed by atoms with van der Waals surface area (Å²) in [4.78, 5) is 27.5. The van der Waals surface area contributed by atoms with Crippen molar-refractivity contribution in [3.63, 3.8) is 0 Å². The van der Waals surface area contributed by atoms with E-state index in [1.807, 2.05) is 0 Å². The summed E-state index contributed by atoms with van der Waals surface area (Å²) in [5, 5.41) is 2.68. The Morgan fingerprint density at radius 1 is 1.07 bits per heavy atom. The van der Waals surface area contributed by atoms with Gasteiger partial charge in [0.2, 0.25) is 11.8 Å². The second-order valence-electron chi connectivity index (χ2n) is 5.71. The van der Waals surface area contributed by atoms with Gasteiger partial charge in [0.1, 0.15) is 0 Å². The molecule has 1 N–H and O–H groups in total. The van der Waals surface area contributed by atoms with Gasteiger partial charge in [-0.1, -0.05) is 12.1 Å². The first-order valence-electron chi connectivity index (χ1n) is 8.13. The largest absolute Gasteiger partial charge is 0.493 e. The fraction of sp³-hybridized carbons (Fsp3) is 0.150. The summed E-state index contributed by atoms with van der Waals surface area (Å²) in [5.74, 6) is 0.596. The number of nitrogens with one attached hydrogen (secondary N) is 1. The minimum atomic E-state index is -0.536. The maximum absolute atomic E-state index is 12.1. The average molecular weight is 366 g/mol. The quantitative estimate of drug-likeness (QED) is 0.649. The van der Waals surface area contributed by atoms with Crippen LogP contribution in [0.5, 0.6) is 11.5 Å². The minimum absolute atomic E-state index is 0.148. The van der Waals surface area contributed by atoms with Gasteiger partial charge in [-0.05, 0) is 42.0 Å². The average Bonchev–Trinajstić information content (AvgIpc) is 3.02. The molecule has 3 rings (SSSR count). The van der Waals surface area contributed by atoms with Crippen LogP contribution in [0.15, 0.2) is 53.2 Å². The van der Waals surface area contributed by atoms with Crippen LogP contribution in [0.2, 0.25) is 0 Å². The topological polar surface area (TPSA) is 86.2 Å². The monoisotopic (exact) mass is 366 g/mol. The molecule has 1 aliphatic rings. The maximum Gasteiger partial charge on any atom is 0.363 e. The van der Waals surface area contributed by atoms with Crippen molar-refractivity contribution in [2.24, 2.45) is 4.99 Å². The van der Waals surface area contributed by atoms with Gasteiger partial charge in [0, 0.05) is 18.2 Å². The molecule has 0 saturated heterocycles. The molecule has 1 aliphatic heterocycles. The van der Waals surface area contributed by atoms with Crippen LogP contribution in [0.1, 0.15) is 18.1 Å². The first kappa shape index (κ1) is 18.2. The second kappa shape index (κ2) is 7.74. The predicted octanol–water partition coefficient (Wildman–Crippen LogP) is 3.01. The SMILES string of the molecule is COc1ccc(C2=N/C(=C/c3ccc(NC(C)=O)cc3)C(=O)O2)cc1OC. The smallest absolute Gasteiger partial charge is 0.363 e. The number of hydrogen-bond acceptors (Lipinski definition) is 6. The van der Waals surface area contributed by atoms with Crippen LogP contribution in [0.25, 0.3) is 6.08 Å². The molecule has 0 aromatic heterocycles. The molecule has 0 fully saturated rings. The van der Waals surface area contributed by atoms with Gasteiger partial charge in [-0.3, -0.25) is 4.79 Å². The molecule has 2 aromatic rings. The van der Waals surface area contributed by atoms with Crippen LogP contribution in [-0.4, -0.2) is 32.0 Å². The Balaban J connectivity index is 1.85. The summed E-state index contributed by atoms with van der Waals surface area (Å²) in [6, 6.07) is 12.2. The molecule has 138 valence electrons. The number of amides is 1. The molecule has 0 saturated carbocycles. The van der Waals surface area contributed by atoms with Gasteiger partial charge < -0.3 is 19.5 Å². The van der Waals surface area contributed by atoms with Crippen molar-refractivity contribution in [1.29, 1.82) is 0 Å². The van der Waals surface area contributed by atoms with Gasteiger partial charge in [0.15, 0.2) is 17.2 Å². The highest BCUT2D eigenvalue weighted by atomic mass is 16.6. The normalized spacial score (nSPS) is 14.6. The fourth-order valence-corrected chi connectivity index (χ4v) is 2.53. The molecular formula is C20H18N2O5. The summed E-state index contributed by atoms with van der Waals surface area (Å²) in [6.07, 6.45) is 1.62.